The van der Waals surface area contributed by atoms with E-state index in [1.807, 2.05) is 30.9 Å². The van der Waals surface area contributed by atoms with Crippen molar-refractivity contribution < 1.29 is 14.6 Å². The van der Waals surface area contributed by atoms with Crippen molar-refractivity contribution in [3.8, 4) is 11.5 Å². The molecule has 1 atom stereocenters. The van der Waals surface area contributed by atoms with E-state index in [0.717, 1.165) is 50.4 Å². The molecule has 1 amide bonds. The highest BCUT2D eigenvalue weighted by Crippen LogP contribution is 2.28. The number of likely N-dealkylation sites (tertiary alicyclic amines) is 1. The van der Waals surface area contributed by atoms with Gasteiger partial charge in [-0.25, -0.2) is 4.99 Å². The lowest BCUT2D eigenvalue weighted by atomic mass is 10.1. The molecule has 1 aliphatic carbocycles. The largest absolute Gasteiger partial charge is 0.504 e. The molecule has 8 heteroatoms. The minimum atomic E-state index is 0. The number of aliphatic imine (C=N–C) groups is 1. The van der Waals surface area contributed by atoms with Gasteiger partial charge in [0.1, 0.15) is 0 Å². The molecule has 1 saturated heterocycles. The van der Waals surface area contributed by atoms with Crippen LogP contribution in [0.15, 0.2) is 23.2 Å². The van der Waals surface area contributed by atoms with E-state index in [1.54, 1.807) is 6.07 Å². The molecular formula is C22H35IN4O3. The number of amides is 1. The van der Waals surface area contributed by atoms with Gasteiger partial charge in [0.25, 0.3) is 0 Å². The first-order chi connectivity index (χ1) is 14.1. The highest BCUT2D eigenvalue weighted by molar-refractivity contribution is 14.0. The number of guanidine groups is 1. The number of nitrogens with zero attached hydrogens (tertiary/aromatic N) is 2. The first-order valence-corrected chi connectivity index (χ1v) is 10.9. The van der Waals surface area contributed by atoms with Crippen LogP contribution in [0.5, 0.6) is 11.5 Å². The van der Waals surface area contributed by atoms with Gasteiger partial charge in [-0.3, -0.25) is 4.79 Å². The molecule has 2 aliphatic rings. The molecule has 0 bridgehead atoms. The predicted octanol–water partition coefficient (Wildman–Crippen LogP) is 3.26. The van der Waals surface area contributed by atoms with Crippen molar-refractivity contribution in [1.29, 1.82) is 0 Å². The van der Waals surface area contributed by atoms with Crippen molar-refractivity contribution in [2.45, 2.75) is 58.5 Å². The van der Waals surface area contributed by atoms with Crippen molar-refractivity contribution in [3.63, 3.8) is 0 Å². The van der Waals surface area contributed by atoms with E-state index in [2.05, 4.69) is 15.6 Å². The highest BCUT2D eigenvalue weighted by Gasteiger charge is 2.32. The van der Waals surface area contributed by atoms with Gasteiger partial charge in [-0.2, -0.15) is 0 Å². The van der Waals surface area contributed by atoms with Crippen LogP contribution in [0.2, 0.25) is 0 Å². The van der Waals surface area contributed by atoms with Gasteiger partial charge < -0.3 is 25.4 Å². The topological polar surface area (TPSA) is 86.2 Å². The summed E-state index contributed by atoms with van der Waals surface area (Å²) >= 11 is 0. The summed E-state index contributed by atoms with van der Waals surface area (Å²) < 4.78 is 5.45. The van der Waals surface area contributed by atoms with Gasteiger partial charge in [-0.05, 0) is 50.8 Å². The molecular weight excluding hydrogens is 495 g/mol. The Hall–Kier alpha value is -1.71. The molecule has 1 aromatic rings. The third-order valence-electron chi connectivity index (χ3n) is 5.63. The average molecular weight is 530 g/mol. The minimum Gasteiger partial charge on any atom is -0.504 e. The van der Waals surface area contributed by atoms with Crippen molar-refractivity contribution in [2.24, 2.45) is 10.9 Å². The fourth-order valence-corrected chi connectivity index (χ4v) is 4.12. The Morgan fingerprint density at radius 2 is 2.03 bits per heavy atom. The second-order valence-corrected chi connectivity index (χ2v) is 7.83. The van der Waals surface area contributed by atoms with Crippen LogP contribution in [0.3, 0.4) is 0 Å². The second kappa shape index (κ2) is 12.2. The van der Waals surface area contributed by atoms with E-state index in [0.29, 0.717) is 24.8 Å². The van der Waals surface area contributed by atoms with E-state index in [9.17, 15) is 9.90 Å². The lowest BCUT2D eigenvalue weighted by Crippen LogP contribution is -2.45. The van der Waals surface area contributed by atoms with Gasteiger partial charge in [-0.1, -0.05) is 18.9 Å². The Labute approximate surface area is 196 Å². The number of carbonyl (C=O) groups is 1. The number of hydrogen-bond acceptors (Lipinski definition) is 4. The van der Waals surface area contributed by atoms with Gasteiger partial charge in [0, 0.05) is 31.6 Å². The lowest BCUT2D eigenvalue weighted by molar-refractivity contribution is -0.134. The average Bonchev–Trinajstić information content (AvgIpc) is 3.40. The summed E-state index contributed by atoms with van der Waals surface area (Å²) in [6.45, 7) is 7.24. The highest BCUT2D eigenvalue weighted by atomic mass is 127. The first-order valence-electron chi connectivity index (χ1n) is 10.9. The van der Waals surface area contributed by atoms with Crippen molar-refractivity contribution in [2.75, 3.05) is 26.2 Å². The number of rotatable bonds is 7. The van der Waals surface area contributed by atoms with Crippen LogP contribution in [0.1, 0.15) is 51.5 Å². The van der Waals surface area contributed by atoms with Crippen LogP contribution in [-0.2, 0) is 11.3 Å². The molecule has 0 spiro atoms. The zero-order valence-corrected chi connectivity index (χ0v) is 20.4. The Kier molecular flexibility index (Phi) is 10.0. The monoisotopic (exact) mass is 530 g/mol. The minimum absolute atomic E-state index is 0. The number of aromatic hydroxyl groups is 1. The number of carbonyl (C=O) groups excluding carboxylic acids is 1. The van der Waals surface area contributed by atoms with Crippen LogP contribution in [-0.4, -0.2) is 54.2 Å². The summed E-state index contributed by atoms with van der Waals surface area (Å²) in [7, 11) is 0. The van der Waals surface area contributed by atoms with Crippen LogP contribution >= 0.6 is 24.0 Å². The van der Waals surface area contributed by atoms with Gasteiger partial charge in [-0.15, -0.1) is 24.0 Å². The molecule has 3 N–H and O–H groups in total. The summed E-state index contributed by atoms with van der Waals surface area (Å²) in [4.78, 5) is 19.3. The third-order valence-corrected chi connectivity index (χ3v) is 5.63. The summed E-state index contributed by atoms with van der Waals surface area (Å²) in [5.74, 6) is 1.95. The van der Waals surface area contributed by atoms with Crippen LogP contribution in [0.4, 0.5) is 0 Å². The standard InChI is InChI=1S/C22H34N4O3.HI/c1-3-23-22(24-14-16-9-10-19(27)20(13-16)29-4-2)25-18-11-12-26(15-18)21(28)17-7-5-6-8-17;/h9-10,13,17-18,27H,3-8,11-12,14-15H2,1-2H3,(H2,23,24,25);1H. The summed E-state index contributed by atoms with van der Waals surface area (Å²) in [6, 6.07) is 5.53. The Balaban J connectivity index is 0.00000320. The smallest absolute Gasteiger partial charge is 0.225 e. The number of halogens is 1. The maximum absolute atomic E-state index is 12.6. The fourth-order valence-electron chi connectivity index (χ4n) is 4.12. The maximum Gasteiger partial charge on any atom is 0.225 e. The summed E-state index contributed by atoms with van der Waals surface area (Å²) in [5.41, 5.74) is 0.966. The number of hydrogen-bond donors (Lipinski definition) is 3. The maximum atomic E-state index is 12.6. The predicted molar refractivity (Wildman–Crippen MR) is 130 cm³/mol. The molecule has 1 saturated carbocycles. The Bertz CT molecular complexity index is 722. The van der Waals surface area contributed by atoms with Gasteiger partial charge >= 0.3 is 0 Å². The molecule has 1 heterocycles. The number of nitrogens with one attached hydrogen (secondary N) is 2. The summed E-state index contributed by atoms with van der Waals surface area (Å²) in [6.07, 6.45) is 5.41. The molecule has 7 nitrogen and oxygen atoms in total. The molecule has 168 valence electrons. The van der Waals surface area contributed by atoms with E-state index >= 15 is 0 Å². The van der Waals surface area contributed by atoms with Crippen molar-refractivity contribution in [1.82, 2.24) is 15.5 Å². The SMILES string of the molecule is CCNC(=NCc1ccc(O)c(OCC)c1)NC1CCN(C(=O)C2CCCC2)C1.I. The zero-order chi connectivity index (χ0) is 20.6. The normalized spacial score (nSPS) is 19.5. The molecule has 3 rings (SSSR count). The number of phenols is 1. The van der Waals surface area contributed by atoms with Crippen molar-refractivity contribution >= 4 is 35.8 Å². The van der Waals surface area contributed by atoms with Gasteiger partial charge in [0.05, 0.1) is 13.2 Å². The van der Waals surface area contributed by atoms with E-state index in [4.69, 9.17) is 4.74 Å². The quantitative estimate of drug-likeness (QED) is 0.286. The zero-order valence-electron chi connectivity index (χ0n) is 18.0. The van der Waals surface area contributed by atoms with E-state index < -0.39 is 0 Å². The first kappa shape index (κ1) is 24.6. The molecule has 0 aromatic heterocycles. The molecule has 1 aromatic carbocycles. The number of phenolic OH excluding ortho intramolecular Hbond substituents is 1. The van der Waals surface area contributed by atoms with Gasteiger partial charge in [0.2, 0.25) is 5.91 Å². The molecule has 1 unspecified atom stereocenters. The van der Waals surface area contributed by atoms with E-state index in [1.165, 1.54) is 12.8 Å². The van der Waals surface area contributed by atoms with Gasteiger partial charge in [0.15, 0.2) is 17.5 Å². The lowest BCUT2D eigenvalue weighted by Gasteiger charge is -2.21. The number of ether oxygens (including phenoxy) is 1. The molecule has 2 fully saturated rings. The van der Waals surface area contributed by atoms with Crippen LogP contribution in [0.25, 0.3) is 0 Å². The molecule has 0 radical (unpaired) electrons. The number of benzene rings is 1. The molecule has 30 heavy (non-hydrogen) atoms. The Morgan fingerprint density at radius 1 is 1.27 bits per heavy atom. The fraction of sp³-hybridized carbons (Fsp3) is 0.636. The van der Waals surface area contributed by atoms with Crippen molar-refractivity contribution in [3.05, 3.63) is 23.8 Å². The summed E-state index contributed by atoms with van der Waals surface area (Å²) in [5, 5.41) is 16.6. The van der Waals surface area contributed by atoms with Crippen LogP contribution in [0, 0.1) is 5.92 Å². The van der Waals surface area contributed by atoms with E-state index in [-0.39, 0.29) is 41.7 Å². The third kappa shape index (κ3) is 6.65. The molecule has 1 aliphatic heterocycles. The second-order valence-electron chi connectivity index (χ2n) is 7.83. The van der Waals surface area contributed by atoms with Crippen LogP contribution < -0.4 is 15.4 Å². The Morgan fingerprint density at radius 3 is 2.73 bits per heavy atom.